The number of anilines is 3. The summed E-state index contributed by atoms with van der Waals surface area (Å²) in [6.07, 6.45) is 8.04. The van der Waals surface area contributed by atoms with Gasteiger partial charge in [0.2, 0.25) is 5.95 Å². The molecule has 0 aromatic carbocycles. The molecule has 0 bridgehead atoms. The summed E-state index contributed by atoms with van der Waals surface area (Å²) >= 11 is 0. The van der Waals surface area contributed by atoms with Crippen LogP contribution in [0.3, 0.4) is 0 Å². The molecular weight excluding hydrogens is 314 g/mol. The molecule has 2 unspecified atom stereocenters. The van der Waals surface area contributed by atoms with Crippen molar-refractivity contribution in [3.63, 3.8) is 0 Å². The van der Waals surface area contributed by atoms with Crippen LogP contribution in [0, 0.1) is 5.92 Å². The van der Waals surface area contributed by atoms with E-state index >= 15 is 0 Å². The number of rotatable bonds is 4. The molecule has 2 aliphatic rings. The first kappa shape index (κ1) is 14.6. The van der Waals surface area contributed by atoms with Crippen LogP contribution in [0.1, 0.15) is 32.7 Å². The van der Waals surface area contributed by atoms with Gasteiger partial charge in [-0.15, -0.1) is 0 Å². The number of imidazole rings is 1. The number of hydrogen-bond acceptors (Lipinski definition) is 6. The van der Waals surface area contributed by atoms with E-state index in [9.17, 15) is 0 Å². The Balaban J connectivity index is 1.43. The van der Waals surface area contributed by atoms with E-state index in [1.807, 2.05) is 24.7 Å². The van der Waals surface area contributed by atoms with Crippen molar-refractivity contribution >= 4 is 28.6 Å². The lowest BCUT2D eigenvalue weighted by Crippen LogP contribution is -2.24. The Morgan fingerprint density at radius 2 is 2.12 bits per heavy atom. The SMILES string of the molecule is CC(C)n1cnc2cnc(Nc3ccnc(N4CCC5CC54)n3)cc21. The molecule has 1 saturated heterocycles. The summed E-state index contributed by atoms with van der Waals surface area (Å²) in [6, 6.07) is 4.92. The Kier molecular flexibility index (Phi) is 3.16. The Bertz CT molecular complexity index is 932. The highest BCUT2D eigenvalue weighted by Gasteiger charge is 2.47. The second-order valence-electron chi connectivity index (χ2n) is 7.22. The maximum Gasteiger partial charge on any atom is 0.227 e. The van der Waals surface area contributed by atoms with Crippen LogP contribution in [-0.2, 0) is 0 Å². The average Bonchev–Trinajstić information content (AvgIpc) is 3.07. The van der Waals surface area contributed by atoms with Crippen molar-refractivity contribution in [1.29, 1.82) is 0 Å². The number of fused-ring (bicyclic) bond motifs is 2. The van der Waals surface area contributed by atoms with Crippen LogP contribution in [0.4, 0.5) is 17.6 Å². The summed E-state index contributed by atoms with van der Waals surface area (Å²) in [5, 5.41) is 3.31. The molecule has 1 N–H and O–H groups in total. The fourth-order valence-electron chi connectivity index (χ4n) is 3.74. The monoisotopic (exact) mass is 335 g/mol. The first-order valence-electron chi connectivity index (χ1n) is 8.88. The third kappa shape index (κ3) is 2.50. The van der Waals surface area contributed by atoms with Crippen molar-refractivity contribution in [3.8, 4) is 0 Å². The molecule has 1 aliphatic heterocycles. The number of nitrogens with one attached hydrogen (secondary N) is 1. The molecule has 3 aromatic heterocycles. The summed E-state index contributed by atoms with van der Waals surface area (Å²) in [6.45, 7) is 5.36. The minimum Gasteiger partial charge on any atom is -0.337 e. The van der Waals surface area contributed by atoms with E-state index in [4.69, 9.17) is 4.98 Å². The summed E-state index contributed by atoms with van der Waals surface area (Å²) in [7, 11) is 0. The van der Waals surface area contributed by atoms with Crippen LogP contribution in [0.2, 0.25) is 0 Å². The number of hydrogen-bond donors (Lipinski definition) is 1. The van der Waals surface area contributed by atoms with Crippen LogP contribution in [0.5, 0.6) is 0 Å². The minimum absolute atomic E-state index is 0.354. The second kappa shape index (κ2) is 5.40. The van der Waals surface area contributed by atoms with Crippen molar-refractivity contribution in [3.05, 3.63) is 30.9 Å². The van der Waals surface area contributed by atoms with Gasteiger partial charge in [0.25, 0.3) is 0 Å². The van der Waals surface area contributed by atoms with Crippen LogP contribution in [0.15, 0.2) is 30.9 Å². The zero-order valence-electron chi connectivity index (χ0n) is 14.4. The summed E-state index contributed by atoms with van der Waals surface area (Å²) < 4.78 is 2.14. The highest BCUT2D eigenvalue weighted by atomic mass is 15.3. The normalized spacial score (nSPS) is 21.8. The maximum atomic E-state index is 4.69. The average molecular weight is 335 g/mol. The molecule has 0 amide bonds. The molecule has 2 fully saturated rings. The minimum atomic E-state index is 0.354. The van der Waals surface area contributed by atoms with E-state index in [2.05, 4.69) is 43.6 Å². The smallest absolute Gasteiger partial charge is 0.227 e. The Labute approximate surface area is 146 Å². The number of pyridine rings is 1. The molecular formula is C18H21N7. The van der Waals surface area contributed by atoms with Crippen LogP contribution >= 0.6 is 0 Å². The quantitative estimate of drug-likeness (QED) is 0.790. The van der Waals surface area contributed by atoms with E-state index in [0.29, 0.717) is 12.1 Å². The van der Waals surface area contributed by atoms with Gasteiger partial charge < -0.3 is 14.8 Å². The maximum absolute atomic E-state index is 4.69. The largest absolute Gasteiger partial charge is 0.337 e. The number of piperidine rings is 1. The van der Waals surface area contributed by atoms with Gasteiger partial charge in [-0.3, -0.25) is 0 Å². The second-order valence-corrected chi connectivity index (χ2v) is 7.22. The van der Waals surface area contributed by atoms with Gasteiger partial charge in [-0.1, -0.05) is 0 Å². The molecule has 1 aliphatic carbocycles. The molecule has 0 radical (unpaired) electrons. The van der Waals surface area contributed by atoms with Gasteiger partial charge in [0.05, 0.1) is 18.0 Å². The van der Waals surface area contributed by atoms with Crippen LogP contribution < -0.4 is 10.2 Å². The predicted octanol–water partition coefficient (Wildman–Crippen LogP) is 3.14. The molecule has 25 heavy (non-hydrogen) atoms. The Morgan fingerprint density at radius 1 is 1.20 bits per heavy atom. The molecule has 2 atom stereocenters. The van der Waals surface area contributed by atoms with Gasteiger partial charge >= 0.3 is 0 Å². The molecule has 128 valence electrons. The highest BCUT2D eigenvalue weighted by Crippen LogP contribution is 2.45. The molecule has 1 saturated carbocycles. The third-order valence-corrected chi connectivity index (χ3v) is 5.20. The topological polar surface area (TPSA) is 71.8 Å². The highest BCUT2D eigenvalue weighted by molar-refractivity contribution is 5.78. The third-order valence-electron chi connectivity index (χ3n) is 5.20. The fourth-order valence-corrected chi connectivity index (χ4v) is 3.74. The molecule has 3 aromatic rings. The van der Waals surface area contributed by atoms with Crippen LogP contribution in [0.25, 0.3) is 11.0 Å². The standard InChI is InChI=1S/C18H21N7/c1-11(2)25-10-21-13-9-20-17(8-15(13)25)22-16-3-5-19-18(23-16)24-6-4-12-7-14(12)24/h3,5,8-12,14H,4,6-7H2,1-2H3,(H,19,20,22,23). The van der Waals surface area contributed by atoms with E-state index in [1.54, 1.807) is 6.20 Å². The number of nitrogens with zero attached hydrogens (tertiary/aromatic N) is 6. The van der Waals surface area contributed by atoms with Gasteiger partial charge in [-0.2, -0.15) is 4.98 Å². The van der Waals surface area contributed by atoms with Gasteiger partial charge in [0.1, 0.15) is 17.2 Å². The molecule has 7 nitrogen and oxygen atoms in total. The Morgan fingerprint density at radius 3 is 2.88 bits per heavy atom. The number of aromatic nitrogens is 5. The van der Waals surface area contributed by atoms with Crippen molar-refractivity contribution in [2.24, 2.45) is 5.92 Å². The van der Waals surface area contributed by atoms with Crippen molar-refractivity contribution in [2.75, 3.05) is 16.8 Å². The summed E-state index contributed by atoms with van der Waals surface area (Å²) in [4.78, 5) is 20.4. The van der Waals surface area contributed by atoms with E-state index in [0.717, 1.165) is 41.1 Å². The lowest BCUT2D eigenvalue weighted by atomic mass is 10.3. The molecule has 5 rings (SSSR count). The predicted molar refractivity (Wildman–Crippen MR) is 97.1 cm³/mol. The summed E-state index contributed by atoms with van der Waals surface area (Å²) in [5.74, 6) is 3.23. The van der Waals surface area contributed by atoms with Crippen LogP contribution in [-0.4, -0.2) is 37.1 Å². The zero-order chi connectivity index (χ0) is 17.0. The van der Waals surface area contributed by atoms with E-state index < -0.39 is 0 Å². The molecule has 7 heteroatoms. The van der Waals surface area contributed by atoms with Gasteiger partial charge in [0, 0.05) is 30.9 Å². The lowest BCUT2D eigenvalue weighted by Gasteiger charge is -2.18. The first-order chi connectivity index (χ1) is 12.2. The van der Waals surface area contributed by atoms with E-state index in [-0.39, 0.29) is 0 Å². The van der Waals surface area contributed by atoms with Gasteiger partial charge in [-0.25, -0.2) is 15.0 Å². The Hall–Kier alpha value is -2.70. The lowest BCUT2D eigenvalue weighted by molar-refractivity contribution is 0.617. The fraction of sp³-hybridized carbons (Fsp3) is 0.444. The van der Waals surface area contributed by atoms with E-state index in [1.165, 1.54) is 12.8 Å². The van der Waals surface area contributed by atoms with Crippen molar-refractivity contribution < 1.29 is 0 Å². The summed E-state index contributed by atoms with van der Waals surface area (Å²) in [5.41, 5.74) is 1.97. The van der Waals surface area contributed by atoms with Crippen molar-refractivity contribution in [1.82, 2.24) is 24.5 Å². The van der Waals surface area contributed by atoms with Gasteiger partial charge in [-0.05, 0) is 38.7 Å². The molecule has 4 heterocycles. The van der Waals surface area contributed by atoms with Crippen molar-refractivity contribution in [2.45, 2.75) is 38.8 Å². The molecule has 0 spiro atoms. The zero-order valence-corrected chi connectivity index (χ0v) is 14.4. The first-order valence-corrected chi connectivity index (χ1v) is 8.88. The van der Waals surface area contributed by atoms with Gasteiger partial charge in [0.15, 0.2) is 0 Å².